The van der Waals surface area contributed by atoms with Crippen molar-refractivity contribution in [2.75, 3.05) is 11.1 Å². The summed E-state index contributed by atoms with van der Waals surface area (Å²) in [4.78, 5) is 32.3. The lowest BCUT2D eigenvalue weighted by molar-refractivity contribution is 0.102. The second-order valence-electron chi connectivity index (χ2n) is 3.93. The lowest BCUT2D eigenvalue weighted by atomic mass is 10.3. The predicted octanol–water partition coefficient (Wildman–Crippen LogP) is 0.996. The second kappa shape index (κ2) is 4.85. The van der Waals surface area contributed by atoms with E-state index in [2.05, 4.69) is 15.3 Å². The number of fused-ring (bicyclic) bond motifs is 1. The third-order valence-electron chi connectivity index (χ3n) is 2.71. The largest absolute Gasteiger partial charge is 0.306 e. The normalized spacial score (nSPS) is 13.1. The van der Waals surface area contributed by atoms with Gasteiger partial charge in [0.15, 0.2) is 5.16 Å². The number of nitrogens with zero attached hydrogens (tertiary/aromatic N) is 3. The summed E-state index contributed by atoms with van der Waals surface area (Å²) >= 11 is 1.51. The van der Waals surface area contributed by atoms with Crippen molar-refractivity contribution in [1.82, 2.24) is 14.5 Å². The maximum atomic E-state index is 12.1. The first kappa shape index (κ1) is 11.9. The lowest BCUT2D eigenvalue weighted by Gasteiger charge is -2.05. The quantitative estimate of drug-likeness (QED) is 0.827. The van der Waals surface area contributed by atoms with E-state index in [1.54, 1.807) is 24.4 Å². The van der Waals surface area contributed by atoms with Crippen LogP contribution in [0.15, 0.2) is 40.5 Å². The van der Waals surface area contributed by atoms with Gasteiger partial charge in [-0.05, 0) is 12.1 Å². The molecule has 3 heterocycles. The maximum Gasteiger partial charge on any atom is 0.267 e. The van der Waals surface area contributed by atoms with Gasteiger partial charge >= 0.3 is 0 Å². The Balaban J connectivity index is 1.91. The molecule has 1 amide bonds. The molecule has 6 nitrogen and oxygen atoms in total. The van der Waals surface area contributed by atoms with E-state index in [4.69, 9.17) is 0 Å². The number of amides is 1. The molecule has 7 heteroatoms. The summed E-state index contributed by atoms with van der Waals surface area (Å²) in [7, 11) is 0. The van der Waals surface area contributed by atoms with Crippen LogP contribution >= 0.6 is 11.8 Å². The van der Waals surface area contributed by atoms with Gasteiger partial charge in [-0.2, -0.15) is 0 Å². The van der Waals surface area contributed by atoms with Crippen molar-refractivity contribution in [2.24, 2.45) is 0 Å². The molecule has 1 aliphatic rings. The zero-order chi connectivity index (χ0) is 13.2. The maximum absolute atomic E-state index is 12.1. The van der Waals surface area contributed by atoms with Gasteiger partial charge in [-0.15, -0.1) is 0 Å². The highest BCUT2D eigenvalue weighted by Gasteiger charge is 2.20. The highest BCUT2D eigenvalue weighted by molar-refractivity contribution is 7.99. The fourth-order valence-electron chi connectivity index (χ4n) is 1.79. The van der Waals surface area contributed by atoms with Crippen molar-refractivity contribution in [2.45, 2.75) is 11.7 Å². The summed E-state index contributed by atoms with van der Waals surface area (Å²) < 4.78 is 1.53. The Morgan fingerprint density at radius 3 is 3.05 bits per heavy atom. The molecule has 0 saturated carbocycles. The number of hydrogen-bond acceptors (Lipinski definition) is 5. The number of nitrogens with one attached hydrogen (secondary N) is 1. The summed E-state index contributed by atoms with van der Waals surface area (Å²) in [5.41, 5.74) is -0.264. The number of pyridine rings is 1. The minimum atomic E-state index is -0.483. The van der Waals surface area contributed by atoms with E-state index in [0.717, 1.165) is 5.75 Å². The number of carbonyl (C=O) groups excluding carboxylic acids is 1. The molecule has 96 valence electrons. The molecule has 0 unspecified atom stereocenters. The molecule has 3 rings (SSSR count). The monoisotopic (exact) mass is 274 g/mol. The van der Waals surface area contributed by atoms with Gasteiger partial charge in [0, 0.05) is 24.7 Å². The molecule has 1 aliphatic heterocycles. The van der Waals surface area contributed by atoms with Crippen molar-refractivity contribution in [3.63, 3.8) is 0 Å². The highest BCUT2D eigenvalue weighted by Crippen LogP contribution is 2.20. The van der Waals surface area contributed by atoms with Crippen LogP contribution in [0, 0.1) is 0 Å². The molecule has 0 saturated heterocycles. The minimum Gasteiger partial charge on any atom is -0.306 e. The van der Waals surface area contributed by atoms with Crippen LogP contribution in [0.4, 0.5) is 5.82 Å². The molecule has 0 atom stereocenters. The molecule has 0 radical (unpaired) electrons. The van der Waals surface area contributed by atoms with Crippen LogP contribution in [0.3, 0.4) is 0 Å². The Labute approximate surface area is 112 Å². The molecule has 0 aliphatic carbocycles. The van der Waals surface area contributed by atoms with Gasteiger partial charge in [-0.25, -0.2) is 9.97 Å². The first-order valence-electron chi connectivity index (χ1n) is 5.71. The van der Waals surface area contributed by atoms with Crippen LogP contribution in [0.2, 0.25) is 0 Å². The lowest BCUT2D eigenvalue weighted by Crippen LogP contribution is -2.29. The fourth-order valence-corrected chi connectivity index (χ4v) is 2.71. The van der Waals surface area contributed by atoms with E-state index in [1.807, 2.05) is 0 Å². The molecule has 0 fully saturated rings. The van der Waals surface area contributed by atoms with Crippen molar-refractivity contribution in [3.8, 4) is 0 Å². The molecule has 1 N–H and O–H groups in total. The van der Waals surface area contributed by atoms with Crippen molar-refractivity contribution in [3.05, 3.63) is 46.5 Å². The molecule has 2 aromatic heterocycles. The van der Waals surface area contributed by atoms with Crippen molar-refractivity contribution < 1.29 is 4.79 Å². The summed E-state index contributed by atoms with van der Waals surface area (Å²) in [6.07, 6.45) is 2.89. The molecule has 0 aromatic carbocycles. The Bertz CT molecular complexity index is 684. The van der Waals surface area contributed by atoms with E-state index in [-0.39, 0.29) is 11.1 Å². The predicted molar refractivity (Wildman–Crippen MR) is 71.4 cm³/mol. The van der Waals surface area contributed by atoms with Crippen LogP contribution in [0.25, 0.3) is 0 Å². The summed E-state index contributed by atoms with van der Waals surface area (Å²) in [5.74, 6) is 0.739. The van der Waals surface area contributed by atoms with Crippen LogP contribution in [0.5, 0.6) is 0 Å². The Morgan fingerprint density at radius 1 is 1.37 bits per heavy atom. The van der Waals surface area contributed by atoms with Crippen molar-refractivity contribution >= 4 is 23.5 Å². The number of anilines is 1. The van der Waals surface area contributed by atoms with Crippen LogP contribution in [0.1, 0.15) is 10.4 Å². The number of carbonyl (C=O) groups is 1. The Hall–Kier alpha value is -2.15. The zero-order valence-electron chi connectivity index (χ0n) is 9.87. The van der Waals surface area contributed by atoms with Gasteiger partial charge in [-0.1, -0.05) is 17.8 Å². The molecule has 19 heavy (non-hydrogen) atoms. The van der Waals surface area contributed by atoms with Gasteiger partial charge in [0.25, 0.3) is 11.5 Å². The zero-order valence-corrected chi connectivity index (χ0v) is 10.7. The third-order valence-corrected chi connectivity index (χ3v) is 3.68. The Kier molecular flexibility index (Phi) is 3.04. The van der Waals surface area contributed by atoms with Gasteiger partial charge in [0.2, 0.25) is 0 Å². The van der Waals surface area contributed by atoms with E-state index in [9.17, 15) is 9.59 Å². The van der Waals surface area contributed by atoms with E-state index in [0.29, 0.717) is 17.5 Å². The van der Waals surface area contributed by atoms with Gasteiger partial charge in [-0.3, -0.25) is 14.2 Å². The highest BCUT2D eigenvalue weighted by atomic mass is 32.2. The van der Waals surface area contributed by atoms with E-state index in [1.165, 1.54) is 22.5 Å². The van der Waals surface area contributed by atoms with Gasteiger partial charge < -0.3 is 5.32 Å². The number of hydrogen-bond donors (Lipinski definition) is 1. The smallest absolute Gasteiger partial charge is 0.267 e. The standard InChI is InChI=1S/C12H10N4O2S/c17-10(15-9-3-1-2-4-13-9)8-7-14-12-16(11(8)18)5-6-19-12/h1-4,7H,5-6H2,(H,13,15,17). The number of thioether (sulfide) groups is 1. The first-order valence-corrected chi connectivity index (χ1v) is 6.69. The number of rotatable bonds is 2. The van der Waals surface area contributed by atoms with E-state index >= 15 is 0 Å². The second-order valence-corrected chi connectivity index (χ2v) is 4.99. The molecule has 0 bridgehead atoms. The fraction of sp³-hybridized carbons (Fsp3) is 0.167. The molecular weight excluding hydrogens is 264 g/mol. The molecule has 2 aromatic rings. The average molecular weight is 274 g/mol. The molecular formula is C12H10N4O2S. The minimum absolute atomic E-state index is 0.0388. The summed E-state index contributed by atoms with van der Waals surface area (Å²) in [6.45, 7) is 0.594. The summed E-state index contributed by atoms with van der Waals surface area (Å²) in [5, 5.41) is 3.25. The van der Waals surface area contributed by atoms with Crippen LogP contribution in [-0.2, 0) is 6.54 Å². The Morgan fingerprint density at radius 2 is 2.26 bits per heavy atom. The third kappa shape index (κ3) is 2.24. The molecule has 0 spiro atoms. The van der Waals surface area contributed by atoms with Crippen molar-refractivity contribution in [1.29, 1.82) is 0 Å². The average Bonchev–Trinajstić information content (AvgIpc) is 2.89. The van der Waals surface area contributed by atoms with E-state index < -0.39 is 5.91 Å². The van der Waals surface area contributed by atoms with Crippen LogP contribution < -0.4 is 10.9 Å². The van der Waals surface area contributed by atoms with Gasteiger partial charge in [0.05, 0.1) is 0 Å². The topological polar surface area (TPSA) is 76.9 Å². The first-order chi connectivity index (χ1) is 9.25. The van der Waals surface area contributed by atoms with Gasteiger partial charge in [0.1, 0.15) is 11.4 Å². The SMILES string of the molecule is O=C(Nc1ccccn1)c1cnc2n(c1=O)CCS2. The number of aromatic nitrogens is 3. The van der Waals surface area contributed by atoms with Crippen LogP contribution in [-0.4, -0.2) is 26.2 Å². The summed E-state index contributed by atoms with van der Waals surface area (Å²) in [6, 6.07) is 5.16.